The van der Waals surface area contributed by atoms with Gasteiger partial charge in [0.25, 0.3) is 0 Å². The SMILES string of the molecule is OC1CCN(c2ccc3ncc(I)n3n2)CC1. The van der Waals surface area contributed by atoms with Crippen LogP contribution < -0.4 is 4.90 Å². The fraction of sp³-hybridized carbons (Fsp3) is 0.455. The van der Waals surface area contributed by atoms with E-state index in [0.29, 0.717) is 0 Å². The number of anilines is 1. The highest BCUT2D eigenvalue weighted by molar-refractivity contribution is 14.1. The van der Waals surface area contributed by atoms with E-state index in [-0.39, 0.29) is 6.10 Å². The highest BCUT2D eigenvalue weighted by Gasteiger charge is 2.18. The van der Waals surface area contributed by atoms with Gasteiger partial charge in [0.1, 0.15) is 9.52 Å². The van der Waals surface area contributed by atoms with E-state index < -0.39 is 0 Å². The first-order valence-corrected chi connectivity index (χ1v) is 6.75. The standard InChI is InChI=1S/C11H13IN4O/c12-9-7-13-10-1-2-11(14-16(9)10)15-5-3-8(17)4-6-15/h1-2,7-8,17H,3-6H2. The highest BCUT2D eigenvalue weighted by atomic mass is 127. The van der Waals surface area contributed by atoms with Crippen LogP contribution in [0, 0.1) is 3.70 Å². The van der Waals surface area contributed by atoms with Crippen LogP contribution in [0.25, 0.3) is 5.65 Å². The van der Waals surface area contributed by atoms with Gasteiger partial charge in [0.05, 0.1) is 12.3 Å². The maximum Gasteiger partial charge on any atom is 0.154 e. The minimum Gasteiger partial charge on any atom is -0.393 e. The second-order valence-electron chi connectivity index (χ2n) is 4.26. The molecule has 17 heavy (non-hydrogen) atoms. The first-order valence-electron chi connectivity index (χ1n) is 5.67. The predicted molar refractivity (Wildman–Crippen MR) is 73.2 cm³/mol. The number of halogens is 1. The van der Waals surface area contributed by atoms with Crippen molar-refractivity contribution >= 4 is 34.1 Å². The molecule has 0 aromatic carbocycles. The second-order valence-corrected chi connectivity index (χ2v) is 5.37. The summed E-state index contributed by atoms with van der Waals surface area (Å²) in [7, 11) is 0. The molecule has 0 saturated carbocycles. The Hall–Kier alpha value is -0.890. The van der Waals surface area contributed by atoms with Crippen LogP contribution in [0.2, 0.25) is 0 Å². The van der Waals surface area contributed by atoms with Gasteiger partial charge >= 0.3 is 0 Å². The third-order valence-electron chi connectivity index (χ3n) is 3.10. The average Bonchev–Trinajstić information content (AvgIpc) is 2.72. The third-order valence-corrected chi connectivity index (χ3v) is 3.83. The average molecular weight is 344 g/mol. The maximum absolute atomic E-state index is 9.49. The van der Waals surface area contributed by atoms with Crippen molar-refractivity contribution in [3.05, 3.63) is 22.0 Å². The summed E-state index contributed by atoms with van der Waals surface area (Å²) in [5, 5.41) is 14.1. The molecule has 3 heterocycles. The normalized spacial score (nSPS) is 17.9. The van der Waals surface area contributed by atoms with E-state index in [2.05, 4.69) is 37.6 Å². The summed E-state index contributed by atoms with van der Waals surface area (Å²) in [6, 6.07) is 3.98. The van der Waals surface area contributed by atoms with Crippen molar-refractivity contribution in [2.24, 2.45) is 0 Å². The Bertz CT molecular complexity index is 533. The van der Waals surface area contributed by atoms with Gasteiger partial charge in [0.15, 0.2) is 5.65 Å². The molecule has 0 unspecified atom stereocenters. The number of aromatic nitrogens is 3. The molecule has 0 bridgehead atoms. The molecule has 1 aliphatic heterocycles. The van der Waals surface area contributed by atoms with E-state index in [1.54, 1.807) is 0 Å². The molecule has 0 atom stereocenters. The molecular weight excluding hydrogens is 331 g/mol. The monoisotopic (exact) mass is 344 g/mol. The van der Waals surface area contributed by atoms with Crippen molar-refractivity contribution in [1.29, 1.82) is 0 Å². The molecule has 5 nitrogen and oxygen atoms in total. The summed E-state index contributed by atoms with van der Waals surface area (Å²) in [6.07, 6.45) is 3.30. The lowest BCUT2D eigenvalue weighted by atomic mass is 10.1. The quantitative estimate of drug-likeness (QED) is 0.793. The van der Waals surface area contributed by atoms with Crippen molar-refractivity contribution < 1.29 is 5.11 Å². The first kappa shape index (κ1) is 11.2. The third kappa shape index (κ3) is 2.11. The van der Waals surface area contributed by atoms with E-state index in [1.165, 1.54) is 0 Å². The van der Waals surface area contributed by atoms with Gasteiger partial charge in [-0.05, 0) is 47.6 Å². The molecule has 6 heteroatoms. The van der Waals surface area contributed by atoms with Crippen LogP contribution in [0.4, 0.5) is 5.82 Å². The molecule has 2 aromatic heterocycles. The maximum atomic E-state index is 9.49. The van der Waals surface area contributed by atoms with E-state index >= 15 is 0 Å². The summed E-state index contributed by atoms with van der Waals surface area (Å²) < 4.78 is 2.86. The van der Waals surface area contributed by atoms with Gasteiger partial charge in [-0.1, -0.05) is 0 Å². The zero-order valence-electron chi connectivity index (χ0n) is 9.25. The zero-order valence-corrected chi connectivity index (χ0v) is 11.4. The minimum atomic E-state index is -0.150. The molecule has 3 rings (SSSR count). The topological polar surface area (TPSA) is 53.7 Å². The molecule has 1 fully saturated rings. The number of hydrogen-bond acceptors (Lipinski definition) is 4. The Morgan fingerprint density at radius 1 is 1.29 bits per heavy atom. The Morgan fingerprint density at radius 3 is 2.82 bits per heavy atom. The number of aliphatic hydroxyl groups is 1. The molecule has 90 valence electrons. The number of hydrogen-bond donors (Lipinski definition) is 1. The van der Waals surface area contributed by atoms with Gasteiger partial charge in [0, 0.05) is 13.1 Å². The number of fused-ring (bicyclic) bond motifs is 1. The van der Waals surface area contributed by atoms with Crippen molar-refractivity contribution in [1.82, 2.24) is 14.6 Å². The van der Waals surface area contributed by atoms with Crippen LogP contribution in [-0.4, -0.2) is 38.9 Å². The number of piperidine rings is 1. The smallest absolute Gasteiger partial charge is 0.154 e. The lowest BCUT2D eigenvalue weighted by Gasteiger charge is -2.30. The van der Waals surface area contributed by atoms with E-state index in [0.717, 1.165) is 41.1 Å². The summed E-state index contributed by atoms with van der Waals surface area (Å²) in [4.78, 5) is 6.46. The molecule has 2 aromatic rings. The van der Waals surface area contributed by atoms with Crippen LogP contribution in [0.5, 0.6) is 0 Å². The summed E-state index contributed by atoms with van der Waals surface area (Å²) in [6.45, 7) is 1.73. The van der Waals surface area contributed by atoms with Gasteiger partial charge in [-0.15, -0.1) is 5.10 Å². The number of rotatable bonds is 1. The summed E-state index contributed by atoms with van der Waals surface area (Å²) >= 11 is 2.22. The van der Waals surface area contributed by atoms with Crippen LogP contribution in [0.1, 0.15) is 12.8 Å². The van der Waals surface area contributed by atoms with Crippen LogP contribution in [0.15, 0.2) is 18.3 Å². The lowest BCUT2D eigenvalue weighted by Crippen LogP contribution is -2.36. The Balaban J connectivity index is 1.92. The number of nitrogens with zero attached hydrogens (tertiary/aromatic N) is 4. The van der Waals surface area contributed by atoms with Crippen molar-refractivity contribution in [3.63, 3.8) is 0 Å². The molecule has 0 aliphatic carbocycles. The van der Waals surface area contributed by atoms with E-state index in [4.69, 9.17) is 0 Å². The lowest BCUT2D eigenvalue weighted by molar-refractivity contribution is 0.145. The fourth-order valence-electron chi connectivity index (χ4n) is 2.10. The fourth-order valence-corrected chi connectivity index (χ4v) is 2.59. The van der Waals surface area contributed by atoms with Crippen LogP contribution in [0.3, 0.4) is 0 Å². The van der Waals surface area contributed by atoms with Gasteiger partial charge < -0.3 is 10.0 Å². The second kappa shape index (κ2) is 4.41. The Kier molecular flexibility index (Phi) is 2.91. The molecule has 1 aliphatic rings. The molecular formula is C11H13IN4O. The number of aliphatic hydroxyl groups excluding tert-OH is 1. The Labute approximate surface area is 113 Å². The highest BCUT2D eigenvalue weighted by Crippen LogP contribution is 2.19. The molecule has 1 saturated heterocycles. The Morgan fingerprint density at radius 2 is 2.06 bits per heavy atom. The summed E-state index contributed by atoms with van der Waals surface area (Å²) in [5.41, 5.74) is 0.871. The predicted octanol–water partition coefficient (Wildman–Crippen LogP) is 1.29. The van der Waals surface area contributed by atoms with Gasteiger partial charge in [0.2, 0.25) is 0 Å². The van der Waals surface area contributed by atoms with Crippen molar-refractivity contribution in [2.75, 3.05) is 18.0 Å². The number of imidazole rings is 1. The zero-order chi connectivity index (χ0) is 11.8. The van der Waals surface area contributed by atoms with Crippen molar-refractivity contribution in [3.8, 4) is 0 Å². The van der Waals surface area contributed by atoms with E-state index in [9.17, 15) is 5.11 Å². The molecule has 0 radical (unpaired) electrons. The van der Waals surface area contributed by atoms with Gasteiger partial charge in [-0.3, -0.25) is 0 Å². The first-order chi connectivity index (χ1) is 8.24. The molecule has 1 N–H and O–H groups in total. The summed E-state index contributed by atoms with van der Waals surface area (Å²) in [5.74, 6) is 0.959. The van der Waals surface area contributed by atoms with E-state index in [1.807, 2.05) is 22.8 Å². The van der Waals surface area contributed by atoms with Gasteiger partial charge in [-0.25, -0.2) is 9.50 Å². The largest absolute Gasteiger partial charge is 0.393 e. The van der Waals surface area contributed by atoms with Crippen LogP contribution >= 0.6 is 22.6 Å². The van der Waals surface area contributed by atoms with Crippen molar-refractivity contribution in [2.45, 2.75) is 18.9 Å². The van der Waals surface area contributed by atoms with Gasteiger partial charge in [-0.2, -0.15) is 0 Å². The minimum absolute atomic E-state index is 0.150. The van der Waals surface area contributed by atoms with Crippen LogP contribution in [-0.2, 0) is 0 Å². The molecule has 0 spiro atoms. The molecule has 0 amide bonds.